The molecule has 0 saturated heterocycles. The van der Waals surface area contributed by atoms with Gasteiger partial charge in [-0.1, -0.05) is 139 Å². The van der Waals surface area contributed by atoms with Gasteiger partial charge in [0.1, 0.15) is 49.6 Å². The molecule has 9 aromatic heterocycles. The second kappa shape index (κ2) is 39.0. The fourth-order valence-corrected chi connectivity index (χ4v) is 8.39. The van der Waals surface area contributed by atoms with E-state index < -0.39 is 12.0 Å². The second-order valence-electron chi connectivity index (χ2n) is 19.3. The molecule has 80 heavy (non-hydrogen) atoms. The van der Waals surface area contributed by atoms with Crippen molar-refractivity contribution in [2.24, 2.45) is 0 Å². The summed E-state index contributed by atoms with van der Waals surface area (Å²) < 4.78 is 76.1. The van der Waals surface area contributed by atoms with Crippen LogP contribution >= 0.6 is 80.9 Å². The van der Waals surface area contributed by atoms with Gasteiger partial charge < -0.3 is 9.05 Å². The quantitative estimate of drug-likeness (QED) is 0.130. The van der Waals surface area contributed by atoms with Crippen LogP contribution in [0.4, 0.5) is 13.2 Å². The Morgan fingerprint density at radius 2 is 1.11 bits per heavy atom. The summed E-state index contributed by atoms with van der Waals surface area (Å²) in [6.07, 6.45) is 2.23. The average Bonchev–Trinajstić information content (AvgIpc) is 4.24. The molecule has 0 aromatic carbocycles. The Kier molecular flexibility index (Phi) is 35.3. The molecule has 31 heteroatoms. The van der Waals surface area contributed by atoms with Gasteiger partial charge in [0, 0.05) is 46.3 Å². The Morgan fingerprint density at radius 1 is 0.512 bits per heavy atom. The van der Waals surface area contributed by atoms with Gasteiger partial charge in [0.2, 0.25) is 23.4 Å². The first-order chi connectivity index (χ1) is 37.6. The lowest BCUT2D eigenvalue weighted by atomic mass is 10.2. The average molecular weight is 1240 g/mol. The third-order valence-electron chi connectivity index (χ3n) is 8.86. The van der Waals surface area contributed by atoms with E-state index in [1.807, 2.05) is 73.9 Å². The van der Waals surface area contributed by atoms with E-state index in [9.17, 15) is 13.2 Å². The van der Waals surface area contributed by atoms with Crippen molar-refractivity contribution < 1.29 is 22.2 Å². The number of nitrogens with zero attached hydrogens (tertiary/aromatic N) is 19. The molecule has 9 heterocycles. The van der Waals surface area contributed by atoms with Gasteiger partial charge >= 0.3 is 6.18 Å². The van der Waals surface area contributed by atoms with Gasteiger partial charge in [-0.15, -0.1) is 5.10 Å². The van der Waals surface area contributed by atoms with Crippen molar-refractivity contribution in [2.45, 2.75) is 198 Å². The molecule has 9 aromatic rings. The van der Waals surface area contributed by atoms with Gasteiger partial charge in [-0.05, 0) is 94.9 Å². The number of alkyl halides is 3. The third kappa shape index (κ3) is 30.9. The number of aryl methyl sites for hydroxylation is 2. The lowest BCUT2D eigenvalue weighted by Crippen LogP contribution is -2.07. The first kappa shape index (κ1) is 72.5. The van der Waals surface area contributed by atoms with E-state index in [0.717, 1.165) is 43.9 Å². The largest absolute Gasteiger partial charge is 0.452 e. The molecule has 440 valence electrons. The molecule has 0 unspecified atom stereocenters. The molecule has 0 radical (unpaired) electrons. The lowest BCUT2D eigenvalue weighted by molar-refractivity contribution is -0.144. The Morgan fingerprint density at radius 3 is 1.36 bits per heavy atom. The molecule has 9 rings (SSSR count). The summed E-state index contributed by atoms with van der Waals surface area (Å²) in [7, 11) is 0. The molecule has 0 N–H and O–H groups in total. The van der Waals surface area contributed by atoms with Crippen LogP contribution in [0.3, 0.4) is 0 Å². The zero-order valence-corrected chi connectivity index (χ0v) is 54.6. The summed E-state index contributed by atoms with van der Waals surface area (Å²) in [5.41, 5.74) is 2.85. The van der Waals surface area contributed by atoms with Crippen LogP contribution in [0.15, 0.2) is 39.6 Å². The van der Waals surface area contributed by atoms with Crippen molar-refractivity contribution in [3.8, 4) is 6.07 Å². The summed E-state index contributed by atoms with van der Waals surface area (Å²) in [4.78, 5) is 28.7. The first-order valence-electron chi connectivity index (χ1n) is 25.2. The fourth-order valence-electron chi connectivity index (χ4n) is 4.36. The number of nitriles is 1. The Hall–Kier alpha value is -5.52. The van der Waals surface area contributed by atoms with Crippen molar-refractivity contribution in [1.29, 1.82) is 5.26 Å². The van der Waals surface area contributed by atoms with E-state index >= 15 is 0 Å². The van der Waals surface area contributed by atoms with E-state index in [2.05, 4.69) is 155 Å². The summed E-state index contributed by atoms with van der Waals surface area (Å²) in [5, 5.41) is 22.8. The molecular formula is C49H74F3N19O2S7. The molecule has 0 amide bonds. The van der Waals surface area contributed by atoms with Crippen molar-refractivity contribution in [3.63, 3.8) is 0 Å². The molecular weight excluding hydrogens is 1170 g/mol. The highest BCUT2D eigenvalue weighted by Gasteiger charge is 2.36. The zero-order valence-electron chi connectivity index (χ0n) is 48.9. The minimum Gasteiger partial charge on any atom is -0.339 e. The third-order valence-corrected chi connectivity index (χ3v) is 14.9. The van der Waals surface area contributed by atoms with E-state index in [1.165, 1.54) is 80.6 Å². The van der Waals surface area contributed by atoms with Gasteiger partial charge in [-0.2, -0.15) is 59.0 Å². The van der Waals surface area contributed by atoms with E-state index in [0.29, 0.717) is 70.0 Å². The molecule has 0 fully saturated rings. The standard InChI is InChI=1S/C6H7F3N2S.C6H7N3S.C6H10N2O.C6H10N2S.C5H8N2O.4C5H8N2S/c1-3(2)4-10-5(11-12-4)6(7,8)9;1-4(2)6-8-5(3-7)9-10-6;2*1-4(2)6-7-5(3)8-9-6;1-4(2)5-6-3-7-8-5;1-4(2)5-6-3-8-7-5;1-4(2)5-6-3-7-8-5;1-4(2)5-3-6-7-8-5;1-4(2)5-3-6-8-7-5/h3H,1-2H3;4H,1-2H3;2*4H,1-3H3;5*3-4H,1-2H3. The summed E-state index contributed by atoms with van der Waals surface area (Å²) in [5.74, 6) is 6.91. The smallest absolute Gasteiger partial charge is 0.339 e. The number of rotatable bonds is 9. The van der Waals surface area contributed by atoms with E-state index in [-0.39, 0.29) is 11.7 Å². The van der Waals surface area contributed by atoms with Crippen LogP contribution in [0, 0.1) is 25.2 Å². The maximum Gasteiger partial charge on any atom is 0.452 e. The topological polar surface area (TPSA) is 282 Å². The highest BCUT2D eigenvalue weighted by atomic mass is 32.1. The fraction of sp³-hybridized carbons (Fsp3) is 0.612. The SMILES string of the molecule is CC(C)c1cnns1.CC(C)c1cnsn1.CC(C)c1nc(C#N)ns1.CC(C)c1nc(C(F)(F)F)ns1.CC(C)c1ncno1.CC(C)c1ncns1.CC(C)c1ncsn1.Cc1noc(C(C)C)n1.Cc1nsc(C(C)C)n1. The van der Waals surface area contributed by atoms with Crippen LogP contribution < -0.4 is 0 Å². The Bertz CT molecular complexity index is 2620. The monoisotopic (exact) mass is 1240 g/mol. The molecule has 0 aliphatic rings. The summed E-state index contributed by atoms with van der Waals surface area (Å²) in [6, 6.07) is 1.89. The number of halogens is 3. The number of aromatic nitrogens is 18. The van der Waals surface area contributed by atoms with Crippen molar-refractivity contribution in [1.82, 2.24) is 85.4 Å². The zero-order chi connectivity index (χ0) is 60.5. The first-order valence-corrected chi connectivity index (χ1v) is 30.6. The van der Waals surface area contributed by atoms with Gasteiger partial charge in [-0.25, -0.2) is 24.9 Å². The van der Waals surface area contributed by atoms with Gasteiger partial charge in [0.15, 0.2) is 12.2 Å². The second-order valence-corrected chi connectivity index (χ2v) is 24.4. The molecule has 0 atom stereocenters. The van der Waals surface area contributed by atoms with Crippen LogP contribution in [-0.2, 0) is 6.18 Å². The maximum atomic E-state index is 11.9. The summed E-state index contributed by atoms with van der Waals surface area (Å²) >= 11 is 9.21. The molecule has 21 nitrogen and oxygen atoms in total. The van der Waals surface area contributed by atoms with Crippen LogP contribution in [0.25, 0.3) is 0 Å². The van der Waals surface area contributed by atoms with Crippen LogP contribution in [0.2, 0.25) is 0 Å². The molecule has 0 bridgehead atoms. The van der Waals surface area contributed by atoms with Gasteiger partial charge in [-0.3, -0.25) is 0 Å². The Balaban J connectivity index is 0.000000451. The predicted molar refractivity (Wildman–Crippen MR) is 314 cm³/mol. The highest BCUT2D eigenvalue weighted by molar-refractivity contribution is 7.06. The normalized spacial score (nSPS) is 10.7. The van der Waals surface area contributed by atoms with Crippen molar-refractivity contribution >= 4 is 80.9 Å². The minimum absolute atomic E-state index is 0.00130. The summed E-state index contributed by atoms with van der Waals surface area (Å²) in [6.45, 7) is 40.5. The predicted octanol–water partition coefficient (Wildman–Crippen LogP) is 15.5. The van der Waals surface area contributed by atoms with Crippen LogP contribution in [0.5, 0.6) is 0 Å². The minimum atomic E-state index is -4.41. The Labute approximate surface area is 496 Å². The maximum absolute atomic E-state index is 11.9. The van der Waals surface area contributed by atoms with Crippen LogP contribution in [-0.4, -0.2) is 85.4 Å². The van der Waals surface area contributed by atoms with Gasteiger partial charge in [0.25, 0.3) is 0 Å². The van der Waals surface area contributed by atoms with Crippen LogP contribution in [0.1, 0.15) is 249 Å². The lowest BCUT2D eigenvalue weighted by Gasteiger charge is -1.98. The molecule has 0 aliphatic heterocycles. The highest BCUT2D eigenvalue weighted by Crippen LogP contribution is 2.29. The molecule has 0 saturated carbocycles. The van der Waals surface area contributed by atoms with Crippen molar-refractivity contribution in [3.05, 3.63) is 102 Å². The molecule has 0 spiro atoms. The molecule has 0 aliphatic carbocycles. The van der Waals surface area contributed by atoms with E-state index in [1.54, 1.807) is 25.7 Å². The number of hydrogen-bond acceptors (Lipinski definition) is 28. The van der Waals surface area contributed by atoms with Gasteiger partial charge in [0.05, 0.1) is 29.8 Å². The van der Waals surface area contributed by atoms with E-state index in [4.69, 9.17) is 14.3 Å². The van der Waals surface area contributed by atoms with Crippen molar-refractivity contribution in [2.75, 3.05) is 0 Å². The number of hydrogen-bond donors (Lipinski definition) is 0.